The van der Waals surface area contributed by atoms with Crippen molar-refractivity contribution >= 4 is 7.92 Å². The van der Waals surface area contributed by atoms with Crippen LogP contribution in [0.2, 0.25) is 0 Å². The standard InChI is InChI=1S/C18H33P.C8H12.C5H5N/c1-4-10-16(11-5-1)19(17-12-6-2-7-13-17)18-14-8-3-9-15-18;1-2-4-6-8-7-5-3-1;1-2-4-6-5-3-1/h16-18H,1-15H2;1-2,7-8H,3-6H2;1-5H. The van der Waals surface area contributed by atoms with Crippen LogP contribution in [0.1, 0.15) is 122 Å². The van der Waals surface area contributed by atoms with Crippen molar-refractivity contribution in [1.29, 1.82) is 0 Å². The van der Waals surface area contributed by atoms with Crippen LogP contribution in [0.15, 0.2) is 54.9 Å². The molecule has 0 aliphatic heterocycles. The topological polar surface area (TPSA) is 12.9 Å². The monoisotopic (exact) mass is 467 g/mol. The Morgan fingerprint density at radius 2 is 0.758 bits per heavy atom. The smallest absolute Gasteiger partial charge is 0.0267 e. The Hall–Kier alpha value is -0.940. The second-order valence-corrected chi connectivity index (χ2v) is 13.5. The van der Waals surface area contributed by atoms with E-state index in [2.05, 4.69) is 29.3 Å². The Morgan fingerprint density at radius 3 is 1.00 bits per heavy atom. The summed E-state index contributed by atoms with van der Waals surface area (Å²) in [5.41, 5.74) is 3.57. The van der Waals surface area contributed by atoms with E-state index in [1.54, 1.807) is 89.4 Å². The van der Waals surface area contributed by atoms with Gasteiger partial charge in [0.05, 0.1) is 0 Å². The van der Waals surface area contributed by atoms with Crippen molar-refractivity contribution in [2.24, 2.45) is 0 Å². The van der Waals surface area contributed by atoms with Gasteiger partial charge in [0, 0.05) is 12.4 Å². The fourth-order valence-corrected chi connectivity index (χ4v) is 10.9. The predicted molar refractivity (Wildman–Crippen MR) is 149 cm³/mol. The minimum Gasteiger partial charge on any atom is -0.265 e. The Labute approximate surface area is 206 Å². The number of pyridine rings is 1. The van der Waals surface area contributed by atoms with E-state index in [9.17, 15) is 0 Å². The Morgan fingerprint density at radius 1 is 0.424 bits per heavy atom. The third-order valence-electron chi connectivity index (χ3n) is 7.89. The van der Waals surface area contributed by atoms with Crippen molar-refractivity contribution in [3.8, 4) is 0 Å². The van der Waals surface area contributed by atoms with Gasteiger partial charge >= 0.3 is 0 Å². The molecule has 1 aromatic rings. The van der Waals surface area contributed by atoms with E-state index in [1.807, 2.05) is 18.2 Å². The summed E-state index contributed by atoms with van der Waals surface area (Å²) in [5.74, 6) is 0. The second-order valence-electron chi connectivity index (χ2n) is 10.4. The largest absolute Gasteiger partial charge is 0.265 e. The molecule has 0 radical (unpaired) electrons. The van der Waals surface area contributed by atoms with Crippen molar-refractivity contribution in [1.82, 2.24) is 4.98 Å². The van der Waals surface area contributed by atoms with E-state index in [4.69, 9.17) is 0 Å². The molecule has 0 N–H and O–H groups in total. The lowest BCUT2D eigenvalue weighted by atomic mass is 9.99. The van der Waals surface area contributed by atoms with Gasteiger partial charge in [-0.3, -0.25) is 4.98 Å². The van der Waals surface area contributed by atoms with Crippen molar-refractivity contribution in [3.63, 3.8) is 0 Å². The van der Waals surface area contributed by atoms with Crippen LogP contribution in [0.4, 0.5) is 0 Å². The summed E-state index contributed by atoms with van der Waals surface area (Å²) >= 11 is 0. The number of hydrogen-bond acceptors (Lipinski definition) is 1. The van der Waals surface area contributed by atoms with Gasteiger partial charge in [0.1, 0.15) is 0 Å². The average molecular weight is 468 g/mol. The number of aromatic nitrogens is 1. The lowest BCUT2D eigenvalue weighted by molar-refractivity contribution is 0.460. The lowest BCUT2D eigenvalue weighted by Crippen LogP contribution is -2.28. The maximum atomic E-state index is 3.78. The van der Waals surface area contributed by atoms with Gasteiger partial charge in [-0.15, -0.1) is 0 Å². The van der Waals surface area contributed by atoms with Crippen LogP contribution < -0.4 is 0 Å². The van der Waals surface area contributed by atoms with E-state index in [0.29, 0.717) is 7.92 Å². The summed E-state index contributed by atoms with van der Waals surface area (Å²) in [6.45, 7) is 0. The molecule has 1 aromatic heterocycles. The fraction of sp³-hybridized carbons (Fsp3) is 0.710. The molecule has 0 bridgehead atoms. The minimum atomic E-state index is 0.385. The van der Waals surface area contributed by atoms with Crippen LogP contribution in [0.25, 0.3) is 0 Å². The molecule has 4 aliphatic rings. The molecular weight excluding hydrogens is 417 g/mol. The Kier molecular flexibility index (Phi) is 14.1. The van der Waals surface area contributed by atoms with Crippen LogP contribution in [-0.4, -0.2) is 22.0 Å². The first-order chi connectivity index (χ1) is 16.4. The van der Waals surface area contributed by atoms with Gasteiger partial charge in [-0.25, -0.2) is 0 Å². The summed E-state index contributed by atoms with van der Waals surface area (Å²) in [6, 6.07) is 5.72. The van der Waals surface area contributed by atoms with E-state index in [-0.39, 0.29) is 0 Å². The zero-order valence-corrected chi connectivity index (χ0v) is 22.2. The van der Waals surface area contributed by atoms with Gasteiger partial charge in [-0.2, -0.15) is 0 Å². The van der Waals surface area contributed by atoms with Crippen LogP contribution in [0, 0.1) is 0 Å². The van der Waals surface area contributed by atoms with Gasteiger partial charge in [0.15, 0.2) is 0 Å². The van der Waals surface area contributed by atoms with Gasteiger partial charge in [-0.1, -0.05) is 96.1 Å². The second kappa shape index (κ2) is 17.5. The van der Waals surface area contributed by atoms with E-state index in [0.717, 1.165) is 0 Å². The molecule has 3 saturated carbocycles. The molecule has 4 aliphatic carbocycles. The predicted octanol–water partition coefficient (Wildman–Crippen LogP) is 10.2. The van der Waals surface area contributed by atoms with Crippen molar-refractivity contribution < 1.29 is 0 Å². The molecule has 1 nitrogen and oxygen atoms in total. The molecule has 0 unspecified atom stereocenters. The fourth-order valence-electron chi connectivity index (χ4n) is 6.20. The number of hydrogen-bond donors (Lipinski definition) is 0. The molecule has 2 heteroatoms. The normalized spacial score (nSPS) is 22.9. The molecule has 1 heterocycles. The highest BCUT2D eigenvalue weighted by Gasteiger charge is 2.36. The highest BCUT2D eigenvalue weighted by molar-refractivity contribution is 7.60. The summed E-state index contributed by atoms with van der Waals surface area (Å²) in [6.07, 6.45) is 41.1. The first kappa shape index (κ1) is 26.7. The molecule has 33 heavy (non-hydrogen) atoms. The third kappa shape index (κ3) is 10.9. The molecule has 0 aromatic carbocycles. The van der Waals surface area contributed by atoms with Gasteiger partial charge in [0.2, 0.25) is 0 Å². The Balaban J connectivity index is 0.000000179. The highest BCUT2D eigenvalue weighted by Crippen LogP contribution is 2.61. The van der Waals surface area contributed by atoms with E-state index in [1.165, 1.54) is 61.9 Å². The molecule has 0 amide bonds. The Bertz CT molecular complexity index is 526. The van der Waals surface area contributed by atoms with Crippen LogP contribution in [0.3, 0.4) is 0 Å². The molecule has 3 fully saturated rings. The van der Waals surface area contributed by atoms with Crippen LogP contribution >= 0.6 is 7.92 Å². The van der Waals surface area contributed by atoms with E-state index >= 15 is 0 Å². The maximum Gasteiger partial charge on any atom is 0.0267 e. The first-order valence-corrected chi connectivity index (χ1v) is 15.9. The average Bonchev–Trinajstić information content (AvgIpc) is 2.88. The number of nitrogens with zero attached hydrogens (tertiary/aromatic N) is 1. The maximum absolute atomic E-state index is 3.78. The van der Waals surface area contributed by atoms with Crippen molar-refractivity contribution in [2.75, 3.05) is 0 Å². The van der Waals surface area contributed by atoms with E-state index < -0.39 is 0 Å². The summed E-state index contributed by atoms with van der Waals surface area (Å²) in [5, 5.41) is 0. The summed E-state index contributed by atoms with van der Waals surface area (Å²) < 4.78 is 0. The minimum absolute atomic E-state index is 0.385. The van der Waals surface area contributed by atoms with Gasteiger partial charge in [-0.05, 0) is 93.3 Å². The summed E-state index contributed by atoms with van der Waals surface area (Å²) in [4.78, 5) is 3.78. The zero-order valence-electron chi connectivity index (χ0n) is 21.3. The molecule has 0 spiro atoms. The quantitative estimate of drug-likeness (QED) is 0.318. The molecular formula is C31H50NP. The first-order valence-electron chi connectivity index (χ1n) is 14.4. The number of allylic oxidation sites excluding steroid dienone is 4. The highest BCUT2D eigenvalue weighted by atomic mass is 31.1. The van der Waals surface area contributed by atoms with Crippen LogP contribution in [-0.2, 0) is 0 Å². The lowest BCUT2D eigenvalue weighted by Gasteiger charge is -2.44. The van der Waals surface area contributed by atoms with Gasteiger partial charge in [0.25, 0.3) is 0 Å². The summed E-state index contributed by atoms with van der Waals surface area (Å²) in [7, 11) is 0.385. The van der Waals surface area contributed by atoms with Crippen molar-refractivity contribution in [2.45, 2.75) is 139 Å². The third-order valence-corrected chi connectivity index (χ3v) is 12.0. The van der Waals surface area contributed by atoms with Crippen molar-refractivity contribution in [3.05, 3.63) is 54.9 Å². The molecule has 5 rings (SSSR count). The number of rotatable bonds is 3. The molecule has 0 atom stereocenters. The van der Waals surface area contributed by atoms with Crippen LogP contribution in [0.5, 0.6) is 0 Å². The zero-order chi connectivity index (χ0) is 22.8. The molecule has 0 saturated heterocycles. The molecule has 184 valence electrons. The van der Waals surface area contributed by atoms with Gasteiger partial charge < -0.3 is 0 Å². The SMILES string of the molecule is C1=CCCC=CCC1.C1CCC(P(C2CCCCC2)C2CCCCC2)CC1.c1ccncc1.